The Kier molecular flexibility index (Phi) is 9.25. The Bertz CT molecular complexity index is 923. The van der Waals surface area contributed by atoms with E-state index in [2.05, 4.69) is 15.9 Å². The summed E-state index contributed by atoms with van der Waals surface area (Å²) in [6, 6.07) is 15.9. The Morgan fingerprint density at radius 1 is 1.06 bits per heavy atom. The maximum atomic E-state index is 12.7. The van der Waals surface area contributed by atoms with Gasteiger partial charge in [0.05, 0.1) is 19.8 Å². The molecule has 34 heavy (non-hydrogen) atoms. The lowest BCUT2D eigenvalue weighted by Crippen LogP contribution is -2.49. The zero-order valence-electron chi connectivity index (χ0n) is 20.3. The number of carbonyl (C=O) groups excluding carboxylic acids is 1. The third-order valence-corrected chi connectivity index (χ3v) is 7.43. The molecule has 2 aromatic rings. The highest BCUT2D eigenvalue weighted by Gasteiger charge is 2.25. The molecule has 0 spiro atoms. The number of carbonyl (C=O) groups is 1. The van der Waals surface area contributed by atoms with E-state index < -0.39 is 0 Å². The van der Waals surface area contributed by atoms with Crippen molar-refractivity contribution in [3.63, 3.8) is 0 Å². The van der Waals surface area contributed by atoms with E-state index in [9.17, 15) is 4.79 Å². The molecule has 1 heterocycles. The minimum atomic E-state index is -0.0984. The van der Waals surface area contributed by atoms with Gasteiger partial charge >= 0.3 is 0 Å². The number of hydrogen-bond donors (Lipinski definition) is 0. The summed E-state index contributed by atoms with van der Waals surface area (Å²) in [6.45, 7) is 4.59. The topological polar surface area (TPSA) is 42.0 Å². The van der Waals surface area contributed by atoms with E-state index in [1.807, 2.05) is 42.5 Å². The molecular weight excluding hydrogens is 448 g/mol. The first kappa shape index (κ1) is 25.0. The lowest BCUT2D eigenvalue weighted by molar-refractivity contribution is -0.133. The lowest BCUT2D eigenvalue weighted by Gasteiger charge is -2.36. The standard InChI is InChI=1S/C28H37ClN2O3/c1-33-26-11-5-9-24(19-26)27(34-21-23-8-4-10-25(29)18-23)20-30-14-16-31(17-15-30)28(32)13-12-22-6-2-3-7-22/h4-5,8-11,18-19,22,27H,2-3,6-7,12-17,20-21H2,1H3/t27-/m0/s1. The highest BCUT2D eigenvalue weighted by atomic mass is 35.5. The zero-order chi connectivity index (χ0) is 23.8. The van der Waals surface area contributed by atoms with E-state index in [1.54, 1.807) is 7.11 Å². The van der Waals surface area contributed by atoms with E-state index >= 15 is 0 Å². The van der Waals surface area contributed by atoms with E-state index in [0.717, 1.165) is 61.9 Å². The summed E-state index contributed by atoms with van der Waals surface area (Å²) in [7, 11) is 1.68. The maximum Gasteiger partial charge on any atom is 0.222 e. The predicted molar refractivity (Wildman–Crippen MR) is 136 cm³/mol. The third-order valence-electron chi connectivity index (χ3n) is 7.20. The van der Waals surface area contributed by atoms with Crippen LogP contribution >= 0.6 is 11.6 Å². The van der Waals surface area contributed by atoms with Gasteiger partial charge in [-0.1, -0.05) is 61.5 Å². The van der Waals surface area contributed by atoms with Crippen molar-refractivity contribution in [3.8, 4) is 5.75 Å². The van der Waals surface area contributed by atoms with Crippen molar-refractivity contribution in [2.75, 3.05) is 39.8 Å². The van der Waals surface area contributed by atoms with Crippen LogP contribution in [0.25, 0.3) is 0 Å². The van der Waals surface area contributed by atoms with Crippen LogP contribution in [0.5, 0.6) is 5.75 Å². The number of amides is 1. The average molecular weight is 485 g/mol. The molecule has 1 atom stereocenters. The van der Waals surface area contributed by atoms with Gasteiger partial charge in [-0.15, -0.1) is 0 Å². The largest absolute Gasteiger partial charge is 0.497 e. The molecule has 1 aliphatic carbocycles. The van der Waals surface area contributed by atoms with Gasteiger partial charge in [0, 0.05) is 44.2 Å². The van der Waals surface area contributed by atoms with Crippen molar-refractivity contribution in [3.05, 3.63) is 64.7 Å². The number of nitrogens with zero attached hydrogens (tertiary/aromatic N) is 2. The first-order valence-corrected chi connectivity index (χ1v) is 13.0. The van der Waals surface area contributed by atoms with Crippen LogP contribution in [0.3, 0.4) is 0 Å². The van der Waals surface area contributed by atoms with Gasteiger partial charge in [0.2, 0.25) is 5.91 Å². The minimum Gasteiger partial charge on any atom is -0.497 e. The van der Waals surface area contributed by atoms with E-state index in [4.69, 9.17) is 21.1 Å². The lowest BCUT2D eigenvalue weighted by atomic mass is 10.0. The smallest absolute Gasteiger partial charge is 0.222 e. The monoisotopic (exact) mass is 484 g/mol. The van der Waals surface area contributed by atoms with Gasteiger partial charge in [-0.25, -0.2) is 0 Å². The van der Waals surface area contributed by atoms with Crippen LogP contribution in [0.4, 0.5) is 0 Å². The maximum absolute atomic E-state index is 12.7. The number of hydrogen-bond acceptors (Lipinski definition) is 4. The molecule has 0 unspecified atom stereocenters. The van der Waals surface area contributed by atoms with Gasteiger partial charge in [-0.3, -0.25) is 9.69 Å². The molecule has 1 amide bonds. The molecule has 0 aromatic heterocycles. The molecule has 2 aromatic carbocycles. The summed E-state index contributed by atoms with van der Waals surface area (Å²) >= 11 is 6.16. The van der Waals surface area contributed by atoms with Crippen LogP contribution in [0.2, 0.25) is 5.02 Å². The van der Waals surface area contributed by atoms with Gasteiger partial charge in [0.25, 0.3) is 0 Å². The molecule has 184 valence electrons. The summed E-state index contributed by atoms with van der Waals surface area (Å²) in [6.07, 6.45) is 6.97. The molecule has 0 N–H and O–H groups in total. The fourth-order valence-electron chi connectivity index (χ4n) is 5.12. The van der Waals surface area contributed by atoms with Crippen molar-refractivity contribution in [2.45, 2.75) is 51.2 Å². The summed E-state index contributed by atoms with van der Waals surface area (Å²) < 4.78 is 11.8. The number of halogens is 1. The normalized spacial score (nSPS) is 18.2. The van der Waals surface area contributed by atoms with Gasteiger partial charge in [0.15, 0.2) is 0 Å². The molecule has 2 fully saturated rings. The Hall–Kier alpha value is -2.08. The van der Waals surface area contributed by atoms with Crippen LogP contribution in [-0.4, -0.2) is 55.5 Å². The van der Waals surface area contributed by atoms with Crippen molar-refractivity contribution in [2.24, 2.45) is 5.92 Å². The third kappa shape index (κ3) is 7.21. The summed E-state index contributed by atoms with van der Waals surface area (Å²) in [5.41, 5.74) is 2.15. The highest BCUT2D eigenvalue weighted by Crippen LogP contribution is 2.29. The van der Waals surface area contributed by atoms with Crippen molar-refractivity contribution < 1.29 is 14.3 Å². The zero-order valence-corrected chi connectivity index (χ0v) is 21.0. The van der Waals surface area contributed by atoms with Gasteiger partial charge in [-0.2, -0.15) is 0 Å². The van der Waals surface area contributed by atoms with Gasteiger partial charge < -0.3 is 14.4 Å². The van der Waals surface area contributed by atoms with Crippen LogP contribution < -0.4 is 4.74 Å². The molecule has 0 radical (unpaired) electrons. The van der Waals surface area contributed by atoms with Crippen molar-refractivity contribution in [1.82, 2.24) is 9.80 Å². The Labute approximate surface area is 209 Å². The molecular formula is C28H37ClN2O3. The molecule has 1 saturated heterocycles. The molecule has 2 aliphatic rings. The predicted octanol–water partition coefficient (Wildman–Crippen LogP) is 5.72. The van der Waals surface area contributed by atoms with Crippen LogP contribution in [-0.2, 0) is 16.1 Å². The number of rotatable bonds is 10. The molecule has 6 heteroatoms. The van der Waals surface area contributed by atoms with E-state index in [-0.39, 0.29) is 6.10 Å². The summed E-state index contributed by atoms with van der Waals surface area (Å²) in [5.74, 6) is 1.92. The van der Waals surface area contributed by atoms with E-state index in [1.165, 1.54) is 25.7 Å². The molecule has 5 nitrogen and oxygen atoms in total. The molecule has 0 bridgehead atoms. The fourth-order valence-corrected chi connectivity index (χ4v) is 5.33. The number of ether oxygens (including phenoxy) is 2. The number of methoxy groups -OCH3 is 1. The van der Waals surface area contributed by atoms with Crippen LogP contribution in [0, 0.1) is 5.92 Å². The quantitative estimate of drug-likeness (QED) is 0.432. The van der Waals surface area contributed by atoms with Crippen molar-refractivity contribution >= 4 is 17.5 Å². The SMILES string of the molecule is COc1cccc([C@H](CN2CCN(C(=O)CCC3CCCC3)CC2)OCc2cccc(Cl)c2)c1. The van der Waals surface area contributed by atoms with Gasteiger partial charge in [-0.05, 0) is 47.7 Å². The van der Waals surface area contributed by atoms with Gasteiger partial charge in [0.1, 0.15) is 5.75 Å². The second kappa shape index (κ2) is 12.6. The highest BCUT2D eigenvalue weighted by molar-refractivity contribution is 6.30. The average Bonchev–Trinajstić information content (AvgIpc) is 3.39. The van der Waals surface area contributed by atoms with E-state index in [0.29, 0.717) is 24.0 Å². The Balaban J connectivity index is 1.32. The minimum absolute atomic E-state index is 0.0984. The molecule has 4 rings (SSSR count). The number of benzene rings is 2. The molecule has 1 aliphatic heterocycles. The fraction of sp³-hybridized carbons (Fsp3) is 0.536. The Morgan fingerprint density at radius 2 is 1.82 bits per heavy atom. The second-order valence-corrected chi connectivity index (χ2v) is 10.0. The van der Waals surface area contributed by atoms with Crippen LogP contribution in [0.1, 0.15) is 55.8 Å². The first-order chi connectivity index (χ1) is 16.6. The van der Waals surface area contributed by atoms with Crippen LogP contribution in [0.15, 0.2) is 48.5 Å². The summed E-state index contributed by atoms with van der Waals surface area (Å²) in [5, 5.41) is 0.716. The second-order valence-electron chi connectivity index (χ2n) is 9.58. The number of piperazine rings is 1. The summed E-state index contributed by atoms with van der Waals surface area (Å²) in [4.78, 5) is 17.2. The first-order valence-electron chi connectivity index (χ1n) is 12.6. The molecule has 1 saturated carbocycles. The van der Waals surface area contributed by atoms with Crippen molar-refractivity contribution in [1.29, 1.82) is 0 Å². The Morgan fingerprint density at radius 3 is 2.56 bits per heavy atom.